The molecule has 0 aliphatic carbocycles. The number of allylic oxidation sites excluding steroid dienone is 1. The lowest BCUT2D eigenvalue weighted by Crippen LogP contribution is -2.31. The first-order valence-electron chi connectivity index (χ1n) is 4.02. The highest BCUT2D eigenvalue weighted by atomic mass is 35.5. The Bertz CT molecular complexity index is 341. The highest BCUT2D eigenvalue weighted by molar-refractivity contribution is 6.50. The minimum absolute atomic E-state index is 0.604. The van der Waals surface area contributed by atoms with E-state index >= 15 is 0 Å². The van der Waals surface area contributed by atoms with Gasteiger partial charge in [-0.2, -0.15) is 13.2 Å². The average Bonchev–Trinajstić information content (AvgIpc) is 2.15. The minimum atomic E-state index is -4.68. The van der Waals surface area contributed by atoms with E-state index in [-0.39, 0.29) is 0 Å². The standard InChI is InChI=1S/C10H7Cl2F3/c11-9(12,10(13,14)15)7-6-8-4-2-1-3-5-8/h1-7H. The van der Waals surface area contributed by atoms with Crippen molar-refractivity contribution < 1.29 is 13.2 Å². The van der Waals surface area contributed by atoms with E-state index in [9.17, 15) is 13.2 Å². The maximum Gasteiger partial charge on any atom is 0.425 e. The summed E-state index contributed by atoms with van der Waals surface area (Å²) in [6.07, 6.45) is -2.74. The summed E-state index contributed by atoms with van der Waals surface area (Å²) in [5, 5.41) is 0. The molecule has 0 atom stereocenters. The summed E-state index contributed by atoms with van der Waals surface area (Å²) in [5.41, 5.74) is 0.604. The molecule has 0 amide bonds. The van der Waals surface area contributed by atoms with Crippen molar-refractivity contribution in [3.8, 4) is 0 Å². The van der Waals surface area contributed by atoms with Crippen molar-refractivity contribution in [1.82, 2.24) is 0 Å². The maximum absolute atomic E-state index is 12.2. The van der Waals surface area contributed by atoms with Crippen LogP contribution in [0.2, 0.25) is 0 Å². The second-order valence-electron chi connectivity index (χ2n) is 2.86. The van der Waals surface area contributed by atoms with Crippen molar-refractivity contribution >= 4 is 29.3 Å². The summed E-state index contributed by atoms with van der Waals surface area (Å²) in [6.45, 7) is 0. The predicted octanol–water partition coefficient (Wildman–Crippen LogP) is 4.44. The molecule has 1 aromatic carbocycles. The highest BCUT2D eigenvalue weighted by Crippen LogP contribution is 2.41. The quantitative estimate of drug-likeness (QED) is 0.685. The van der Waals surface area contributed by atoms with Gasteiger partial charge in [-0.05, 0) is 11.6 Å². The lowest BCUT2D eigenvalue weighted by atomic mass is 10.2. The molecular weight excluding hydrogens is 248 g/mol. The normalized spacial score (nSPS) is 13.4. The second-order valence-corrected chi connectivity index (χ2v) is 4.25. The van der Waals surface area contributed by atoms with Crippen LogP contribution in [-0.2, 0) is 0 Å². The van der Waals surface area contributed by atoms with E-state index in [4.69, 9.17) is 23.2 Å². The number of benzene rings is 1. The van der Waals surface area contributed by atoms with Crippen LogP contribution in [0, 0.1) is 0 Å². The molecule has 0 radical (unpaired) electrons. The maximum atomic E-state index is 12.2. The first kappa shape index (κ1) is 12.4. The third-order valence-electron chi connectivity index (χ3n) is 1.66. The van der Waals surface area contributed by atoms with Crippen molar-refractivity contribution in [2.45, 2.75) is 10.5 Å². The Labute approximate surface area is 95.3 Å². The molecule has 0 saturated heterocycles. The fourth-order valence-electron chi connectivity index (χ4n) is 0.860. The first-order chi connectivity index (χ1) is 6.83. The summed E-state index contributed by atoms with van der Waals surface area (Å²) in [4.78, 5) is 0. The zero-order valence-electron chi connectivity index (χ0n) is 7.43. The van der Waals surface area contributed by atoms with Gasteiger partial charge in [-0.15, -0.1) is 0 Å². The van der Waals surface area contributed by atoms with Crippen molar-refractivity contribution in [3.63, 3.8) is 0 Å². The number of alkyl halides is 5. The average molecular weight is 255 g/mol. The van der Waals surface area contributed by atoms with Gasteiger partial charge in [0.25, 0.3) is 0 Å². The van der Waals surface area contributed by atoms with E-state index in [0.29, 0.717) is 11.6 Å². The minimum Gasteiger partial charge on any atom is -0.167 e. The molecule has 0 fully saturated rings. The van der Waals surface area contributed by atoms with Gasteiger partial charge in [0.1, 0.15) is 0 Å². The number of rotatable bonds is 2. The SMILES string of the molecule is FC(F)(F)C(Cl)(Cl)C=Cc1ccccc1. The first-order valence-corrected chi connectivity index (χ1v) is 4.77. The lowest BCUT2D eigenvalue weighted by Gasteiger charge is -2.18. The molecule has 1 rings (SSSR count). The molecule has 0 N–H and O–H groups in total. The zero-order chi connectivity index (χ0) is 11.5. The summed E-state index contributed by atoms with van der Waals surface area (Å²) in [7, 11) is 0. The predicted molar refractivity (Wildman–Crippen MR) is 56.0 cm³/mol. The van der Waals surface area contributed by atoms with Gasteiger partial charge in [-0.3, -0.25) is 0 Å². The number of hydrogen-bond donors (Lipinski definition) is 0. The molecule has 0 aromatic heterocycles. The fourth-order valence-corrected chi connectivity index (χ4v) is 0.986. The van der Waals surface area contributed by atoms with E-state index in [1.807, 2.05) is 0 Å². The molecule has 0 aliphatic heterocycles. The van der Waals surface area contributed by atoms with Gasteiger partial charge in [-0.25, -0.2) is 0 Å². The molecule has 0 unspecified atom stereocenters. The van der Waals surface area contributed by atoms with Gasteiger partial charge in [0.05, 0.1) is 0 Å². The van der Waals surface area contributed by atoms with E-state index in [1.54, 1.807) is 30.3 Å². The molecular formula is C10H7Cl2F3. The molecule has 0 nitrogen and oxygen atoms in total. The van der Waals surface area contributed by atoms with Crippen LogP contribution in [0.5, 0.6) is 0 Å². The van der Waals surface area contributed by atoms with Crippen LogP contribution in [0.1, 0.15) is 5.56 Å². The molecule has 0 heterocycles. The third kappa shape index (κ3) is 3.43. The Balaban J connectivity index is 2.83. The zero-order valence-corrected chi connectivity index (χ0v) is 8.94. The van der Waals surface area contributed by atoms with Gasteiger partial charge >= 0.3 is 6.18 Å². The Morgan fingerprint density at radius 2 is 1.53 bits per heavy atom. The van der Waals surface area contributed by atoms with E-state index in [1.165, 1.54) is 6.08 Å². The smallest absolute Gasteiger partial charge is 0.167 e. The summed E-state index contributed by atoms with van der Waals surface area (Å²) in [6, 6.07) is 8.47. The van der Waals surface area contributed by atoms with Crippen LogP contribution >= 0.6 is 23.2 Å². The molecule has 82 valence electrons. The largest absolute Gasteiger partial charge is 0.425 e. The number of halogens is 5. The van der Waals surface area contributed by atoms with Gasteiger partial charge < -0.3 is 0 Å². The van der Waals surface area contributed by atoms with Crippen LogP contribution < -0.4 is 0 Å². The topological polar surface area (TPSA) is 0 Å². The van der Waals surface area contributed by atoms with Gasteiger partial charge in [0, 0.05) is 0 Å². The summed E-state index contributed by atoms with van der Waals surface area (Å²) in [5.74, 6) is 0. The van der Waals surface area contributed by atoms with Crippen LogP contribution in [-0.4, -0.2) is 10.5 Å². The van der Waals surface area contributed by atoms with E-state index in [2.05, 4.69) is 0 Å². The van der Waals surface area contributed by atoms with Crippen molar-refractivity contribution in [2.24, 2.45) is 0 Å². The van der Waals surface area contributed by atoms with Gasteiger partial charge in [0.15, 0.2) is 0 Å². The highest BCUT2D eigenvalue weighted by Gasteiger charge is 2.50. The van der Waals surface area contributed by atoms with Crippen LogP contribution in [0.3, 0.4) is 0 Å². The molecule has 1 aromatic rings. The van der Waals surface area contributed by atoms with Crippen molar-refractivity contribution in [2.75, 3.05) is 0 Å². The number of hydrogen-bond acceptors (Lipinski definition) is 0. The second kappa shape index (κ2) is 4.45. The van der Waals surface area contributed by atoms with Crippen LogP contribution in [0.4, 0.5) is 13.2 Å². The van der Waals surface area contributed by atoms with Crippen molar-refractivity contribution in [1.29, 1.82) is 0 Å². The lowest BCUT2D eigenvalue weighted by molar-refractivity contribution is -0.131. The molecule has 0 bridgehead atoms. The molecule has 0 aliphatic rings. The van der Waals surface area contributed by atoms with Crippen LogP contribution in [0.15, 0.2) is 36.4 Å². The van der Waals surface area contributed by atoms with E-state index < -0.39 is 10.5 Å². The Hall–Kier alpha value is -0.670. The monoisotopic (exact) mass is 254 g/mol. The van der Waals surface area contributed by atoms with Crippen LogP contribution in [0.25, 0.3) is 6.08 Å². The molecule has 0 spiro atoms. The Morgan fingerprint density at radius 3 is 2.00 bits per heavy atom. The Kier molecular flexibility index (Phi) is 3.68. The Morgan fingerprint density at radius 1 is 1.00 bits per heavy atom. The van der Waals surface area contributed by atoms with Gasteiger partial charge in [0.2, 0.25) is 4.33 Å². The molecule has 15 heavy (non-hydrogen) atoms. The fraction of sp³-hybridized carbons (Fsp3) is 0.200. The summed E-state index contributed by atoms with van der Waals surface area (Å²) < 4.78 is 33.8. The molecule has 0 saturated carbocycles. The molecule has 5 heteroatoms. The van der Waals surface area contributed by atoms with Gasteiger partial charge in [-0.1, -0.05) is 59.6 Å². The van der Waals surface area contributed by atoms with E-state index in [0.717, 1.165) is 0 Å². The third-order valence-corrected chi connectivity index (χ3v) is 2.34. The summed E-state index contributed by atoms with van der Waals surface area (Å²) >= 11 is 10.2. The van der Waals surface area contributed by atoms with Crippen molar-refractivity contribution in [3.05, 3.63) is 42.0 Å².